The number of ether oxygens (including phenoxy) is 2. The molecule has 2 fully saturated rings. The van der Waals surface area contributed by atoms with Crippen LogP contribution in [-0.4, -0.2) is 99.9 Å². The lowest BCUT2D eigenvalue weighted by Crippen LogP contribution is -2.60. The molecule has 0 saturated carbocycles. The fourth-order valence-corrected chi connectivity index (χ4v) is 7.15. The number of likely N-dealkylation sites (N-methyl/N-ethyl adjacent to an activating group) is 1. The quantitative estimate of drug-likeness (QED) is 0.295. The van der Waals surface area contributed by atoms with Crippen molar-refractivity contribution in [1.82, 2.24) is 25.2 Å². The van der Waals surface area contributed by atoms with Crippen LogP contribution in [0.25, 0.3) is 32.9 Å². The molecule has 47 heavy (non-hydrogen) atoms. The standard InChI is InChI=1S/C33H35F3N6O5/c1-33-11-18(34)13-42(16-33)30-24-12-37-28(27(36)29(24)38-31(39-30)47-15-19-9-21(44)14-41(19)2)23-10-20(43)8-17-5-6-25(35)22(26(17)23)4-3-7-46-32(45)40-33/h5-6,8,10,12,18-19,21,43-44H,3-4,7,9,11,13-16H2,1-2H3,(H,40,45)/t18-,19-,21+,33-/m1/s1. The molecule has 6 heterocycles. The number of aliphatic hydroxyl groups excluding tert-OH is 1. The zero-order chi connectivity index (χ0) is 33.0. The second-order valence-corrected chi connectivity index (χ2v) is 13.0. The van der Waals surface area contributed by atoms with Crippen LogP contribution in [0, 0.1) is 11.6 Å². The fourth-order valence-electron chi connectivity index (χ4n) is 7.15. The molecular weight excluding hydrogens is 617 g/mol. The van der Waals surface area contributed by atoms with Gasteiger partial charge in [-0.05, 0) is 67.8 Å². The van der Waals surface area contributed by atoms with Gasteiger partial charge >= 0.3 is 12.1 Å². The van der Waals surface area contributed by atoms with Gasteiger partial charge in [-0.2, -0.15) is 9.97 Å². The monoisotopic (exact) mass is 652 g/mol. The van der Waals surface area contributed by atoms with Crippen molar-refractivity contribution in [2.75, 3.05) is 44.8 Å². The van der Waals surface area contributed by atoms with E-state index in [2.05, 4.69) is 20.3 Å². The molecule has 4 aromatic rings. The van der Waals surface area contributed by atoms with Gasteiger partial charge in [-0.1, -0.05) is 6.07 Å². The molecule has 8 rings (SSSR count). The van der Waals surface area contributed by atoms with Gasteiger partial charge in [-0.3, -0.25) is 9.88 Å². The number of β-amino-alcohol motifs (C(OH)–C–C–N with tert-alkyl or cyclic N) is 1. The number of amides is 1. The number of phenolic OH excluding ortho intramolecular Hbond substituents is 1. The molecule has 0 spiro atoms. The zero-order valence-electron chi connectivity index (χ0n) is 26.0. The Kier molecular flexibility index (Phi) is 7.95. The Labute approximate surface area is 268 Å². The SMILES string of the molecule is CN1C[C@@H](O)C[C@@H]1COc1nc2c3cnc(c(F)c3n1)-c1cc(O)cc3ccc(F)c(c13)CCCOC(=O)N[C@]1(C)C[C@@H](F)CN2C1. The number of nitrogens with zero attached hydrogens (tertiary/aromatic N) is 5. The smallest absolute Gasteiger partial charge is 0.407 e. The number of likely N-dealkylation sites (tertiary alicyclic amines) is 1. The van der Waals surface area contributed by atoms with Crippen LogP contribution >= 0.6 is 0 Å². The van der Waals surface area contributed by atoms with E-state index in [1.807, 2.05) is 11.9 Å². The number of carbonyl (C=O) groups excluding carboxylic acids is 1. The Balaban J connectivity index is 1.44. The van der Waals surface area contributed by atoms with Crippen LogP contribution in [0.1, 0.15) is 31.7 Å². The van der Waals surface area contributed by atoms with Crippen LogP contribution in [0.15, 0.2) is 30.5 Å². The summed E-state index contributed by atoms with van der Waals surface area (Å²) in [5.74, 6) is -1.42. The van der Waals surface area contributed by atoms with Gasteiger partial charge in [0.1, 0.15) is 41.4 Å². The molecule has 14 heteroatoms. The van der Waals surface area contributed by atoms with Crippen LogP contribution < -0.4 is 15.0 Å². The fraction of sp³-hybridized carbons (Fsp3) is 0.455. The number of phenols is 1. The van der Waals surface area contributed by atoms with Gasteiger partial charge in [-0.25, -0.2) is 18.0 Å². The summed E-state index contributed by atoms with van der Waals surface area (Å²) in [6.45, 7) is 2.24. The molecule has 2 saturated heterocycles. The van der Waals surface area contributed by atoms with E-state index in [4.69, 9.17) is 9.47 Å². The molecule has 4 atom stereocenters. The van der Waals surface area contributed by atoms with Crippen LogP contribution in [0.4, 0.5) is 23.8 Å². The molecule has 11 nitrogen and oxygen atoms in total. The molecule has 1 amide bonds. The molecule has 2 aromatic carbocycles. The van der Waals surface area contributed by atoms with Crippen molar-refractivity contribution in [1.29, 1.82) is 0 Å². The van der Waals surface area contributed by atoms with Crippen molar-refractivity contribution in [2.24, 2.45) is 0 Å². The Bertz CT molecular complexity index is 1880. The topological polar surface area (TPSA) is 133 Å². The normalized spacial score (nSPS) is 25.3. The van der Waals surface area contributed by atoms with Crippen LogP contribution in [-0.2, 0) is 11.2 Å². The van der Waals surface area contributed by atoms with Crippen LogP contribution in [0.5, 0.6) is 11.8 Å². The number of aryl methyl sites for hydroxylation is 1. The van der Waals surface area contributed by atoms with E-state index >= 15 is 13.2 Å². The lowest BCUT2D eigenvalue weighted by Gasteiger charge is -2.42. The van der Waals surface area contributed by atoms with E-state index in [-0.39, 0.29) is 96.9 Å². The van der Waals surface area contributed by atoms with Crippen molar-refractivity contribution >= 4 is 33.6 Å². The number of aromatic nitrogens is 3. The number of hydrogen-bond donors (Lipinski definition) is 3. The minimum atomic E-state index is -1.38. The van der Waals surface area contributed by atoms with Gasteiger partial charge in [0.05, 0.1) is 30.2 Å². The third-order valence-electron chi connectivity index (χ3n) is 9.26. The predicted octanol–water partition coefficient (Wildman–Crippen LogP) is 4.25. The highest BCUT2D eigenvalue weighted by atomic mass is 19.1. The number of piperidine rings is 1. The summed E-state index contributed by atoms with van der Waals surface area (Å²) in [7, 11) is 1.86. The number of fused-ring (bicyclic) bond motifs is 6. The second-order valence-electron chi connectivity index (χ2n) is 13.0. The molecule has 0 radical (unpaired) electrons. The maximum atomic E-state index is 16.8. The molecule has 4 aliphatic rings. The lowest BCUT2D eigenvalue weighted by molar-refractivity contribution is 0.120. The number of alkyl carbamates (subject to hydrolysis) is 1. The molecular formula is C33H35F3N6O5. The van der Waals surface area contributed by atoms with Gasteiger partial charge in [0.15, 0.2) is 5.82 Å². The maximum absolute atomic E-state index is 16.8. The molecule has 0 aliphatic carbocycles. The first kappa shape index (κ1) is 31.2. The highest BCUT2D eigenvalue weighted by molar-refractivity contribution is 6.01. The van der Waals surface area contributed by atoms with E-state index in [1.54, 1.807) is 11.8 Å². The molecule has 248 valence electrons. The Morgan fingerprint density at radius 1 is 1.21 bits per heavy atom. The van der Waals surface area contributed by atoms with Gasteiger partial charge in [0, 0.05) is 37.3 Å². The van der Waals surface area contributed by atoms with E-state index < -0.39 is 35.5 Å². The predicted molar refractivity (Wildman–Crippen MR) is 167 cm³/mol. The summed E-state index contributed by atoms with van der Waals surface area (Å²) >= 11 is 0. The number of nitrogens with one attached hydrogen (secondary N) is 1. The minimum Gasteiger partial charge on any atom is -0.508 e. The number of pyridine rings is 1. The van der Waals surface area contributed by atoms with Crippen LogP contribution in [0.2, 0.25) is 0 Å². The largest absolute Gasteiger partial charge is 0.508 e. The summed E-state index contributed by atoms with van der Waals surface area (Å²) in [5, 5.41) is 24.5. The van der Waals surface area contributed by atoms with Crippen molar-refractivity contribution < 1.29 is 37.7 Å². The number of hydrogen-bond acceptors (Lipinski definition) is 10. The number of halogens is 3. The molecule has 3 N–H and O–H groups in total. The third-order valence-corrected chi connectivity index (χ3v) is 9.26. The van der Waals surface area contributed by atoms with Crippen molar-refractivity contribution in [3.05, 3.63) is 47.7 Å². The number of rotatable bonds is 3. The van der Waals surface area contributed by atoms with Crippen molar-refractivity contribution in [3.63, 3.8) is 0 Å². The van der Waals surface area contributed by atoms with E-state index in [9.17, 15) is 15.0 Å². The van der Waals surface area contributed by atoms with Gasteiger partial charge < -0.3 is 29.9 Å². The Morgan fingerprint density at radius 3 is 2.83 bits per heavy atom. The lowest BCUT2D eigenvalue weighted by atomic mass is 9.90. The van der Waals surface area contributed by atoms with Crippen molar-refractivity contribution in [2.45, 2.75) is 56.5 Å². The highest BCUT2D eigenvalue weighted by Crippen LogP contribution is 2.40. The minimum absolute atomic E-state index is 0.00405. The molecule has 4 aliphatic heterocycles. The first-order valence-electron chi connectivity index (χ1n) is 15.6. The average Bonchev–Trinajstić information content (AvgIpc) is 3.34. The van der Waals surface area contributed by atoms with E-state index in [1.165, 1.54) is 30.5 Å². The number of benzene rings is 2. The van der Waals surface area contributed by atoms with Crippen LogP contribution in [0.3, 0.4) is 0 Å². The first-order chi connectivity index (χ1) is 22.5. The number of alkyl halides is 1. The number of aromatic hydroxyl groups is 1. The summed E-state index contributed by atoms with van der Waals surface area (Å²) < 4.78 is 59.0. The van der Waals surface area contributed by atoms with E-state index in [0.717, 1.165) is 0 Å². The summed E-state index contributed by atoms with van der Waals surface area (Å²) in [4.78, 5) is 29.9. The Hall–Kier alpha value is -4.43. The van der Waals surface area contributed by atoms with Crippen molar-refractivity contribution in [3.8, 4) is 23.0 Å². The number of aliphatic hydroxyl groups is 1. The molecule has 6 bridgehead atoms. The number of anilines is 1. The van der Waals surface area contributed by atoms with Gasteiger partial charge in [0.2, 0.25) is 0 Å². The third kappa shape index (κ3) is 5.95. The van der Waals surface area contributed by atoms with E-state index in [0.29, 0.717) is 23.7 Å². The molecule has 2 aromatic heterocycles. The average molecular weight is 653 g/mol. The Morgan fingerprint density at radius 2 is 2.04 bits per heavy atom. The maximum Gasteiger partial charge on any atom is 0.407 e. The first-order valence-corrected chi connectivity index (χ1v) is 15.6. The zero-order valence-corrected chi connectivity index (χ0v) is 26.0. The summed E-state index contributed by atoms with van der Waals surface area (Å²) in [5.41, 5.74) is -1.03. The summed E-state index contributed by atoms with van der Waals surface area (Å²) in [6, 6.07) is 5.24. The highest BCUT2D eigenvalue weighted by Gasteiger charge is 2.40. The number of carbonyl (C=O) groups is 1. The van der Waals surface area contributed by atoms with Gasteiger partial charge in [-0.15, -0.1) is 0 Å². The van der Waals surface area contributed by atoms with Gasteiger partial charge in [0.25, 0.3) is 0 Å². The molecule has 0 unspecified atom stereocenters. The summed E-state index contributed by atoms with van der Waals surface area (Å²) in [6.07, 6.45) is -0.407. The second kappa shape index (κ2) is 12.0.